The summed E-state index contributed by atoms with van der Waals surface area (Å²) in [6.07, 6.45) is 6.88. The molecule has 3 heteroatoms. The van der Waals surface area contributed by atoms with Gasteiger partial charge in [-0.15, -0.1) is 6.42 Å². The lowest BCUT2D eigenvalue weighted by molar-refractivity contribution is 1.25. The van der Waals surface area contributed by atoms with E-state index in [1.54, 1.807) is 12.3 Å². The normalized spacial score (nSPS) is 8.90. The molecule has 1 heterocycles. The van der Waals surface area contributed by atoms with Gasteiger partial charge in [-0.2, -0.15) is 0 Å². The summed E-state index contributed by atoms with van der Waals surface area (Å²) in [6, 6.07) is 1.81. The Kier molecular flexibility index (Phi) is 2.47. The van der Waals surface area contributed by atoms with E-state index in [1.807, 2.05) is 0 Å². The molecular weight excluding hydrogens is 258 g/mol. The lowest BCUT2D eigenvalue weighted by Crippen LogP contribution is -1.82. The van der Waals surface area contributed by atoms with Crippen molar-refractivity contribution >= 4 is 31.9 Å². The lowest BCUT2D eigenvalue weighted by Gasteiger charge is -1.95. The molecule has 50 valence electrons. The van der Waals surface area contributed by atoms with Crippen molar-refractivity contribution in [3.8, 4) is 12.3 Å². The zero-order valence-electron chi connectivity index (χ0n) is 4.94. The minimum absolute atomic E-state index is 0.698. The highest BCUT2D eigenvalue weighted by molar-refractivity contribution is 9.11. The van der Waals surface area contributed by atoms with E-state index in [9.17, 15) is 0 Å². The molecule has 0 aliphatic rings. The van der Waals surface area contributed by atoms with Gasteiger partial charge < -0.3 is 0 Å². The summed E-state index contributed by atoms with van der Waals surface area (Å²) in [4.78, 5) is 3.95. The number of halogens is 2. The number of nitrogens with zero attached hydrogens (tertiary/aromatic N) is 1. The minimum atomic E-state index is 0.698. The zero-order valence-corrected chi connectivity index (χ0v) is 8.11. The van der Waals surface area contributed by atoms with E-state index in [0.717, 1.165) is 10.0 Å². The average molecular weight is 261 g/mol. The molecule has 10 heavy (non-hydrogen) atoms. The number of hydrogen-bond donors (Lipinski definition) is 0. The highest BCUT2D eigenvalue weighted by Gasteiger charge is 2.00. The summed E-state index contributed by atoms with van der Waals surface area (Å²) in [5, 5.41) is 0. The van der Waals surface area contributed by atoms with E-state index in [0.29, 0.717) is 4.60 Å². The van der Waals surface area contributed by atoms with E-state index in [4.69, 9.17) is 6.42 Å². The third kappa shape index (κ3) is 1.39. The van der Waals surface area contributed by atoms with Crippen LogP contribution in [0.15, 0.2) is 21.3 Å². The Morgan fingerprint density at radius 1 is 1.50 bits per heavy atom. The molecule has 0 radical (unpaired) electrons. The quantitative estimate of drug-likeness (QED) is 0.516. The smallest absolute Gasteiger partial charge is 0.122 e. The van der Waals surface area contributed by atoms with Crippen molar-refractivity contribution in [3.05, 3.63) is 26.9 Å². The fourth-order valence-corrected chi connectivity index (χ4v) is 1.68. The summed E-state index contributed by atoms with van der Waals surface area (Å²) >= 11 is 6.52. The second kappa shape index (κ2) is 3.18. The fraction of sp³-hybridized carbons (Fsp3) is 0. The van der Waals surface area contributed by atoms with E-state index < -0.39 is 0 Å². The number of hydrogen-bond acceptors (Lipinski definition) is 1. The number of pyridine rings is 1. The van der Waals surface area contributed by atoms with Gasteiger partial charge in [-0.3, -0.25) is 0 Å². The Labute approximate surface area is 76.1 Å². The monoisotopic (exact) mass is 259 g/mol. The molecule has 1 nitrogen and oxygen atoms in total. The van der Waals surface area contributed by atoms with Crippen molar-refractivity contribution in [1.29, 1.82) is 0 Å². The van der Waals surface area contributed by atoms with Crippen LogP contribution in [0.3, 0.4) is 0 Å². The fourth-order valence-electron chi connectivity index (χ4n) is 0.543. The Balaban J connectivity index is 3.34. The summed E-state index contributed by atoms with van der Waals surface area (Å²) in [5.41, 5.74) is 0.752. The predicted molar refractivity (Wildman–Crippen MR) is 47.6 cm³/mol. The van der Waals surface area contributed by atoms with Gasteiger partial charge in [0.1, 0.15) is 4.60 Å². The average Bonchev–Trinajstić information content (AvgIpc) is 1.88. The predicted octanol–water partition coefficient (Wildman–Crippen LogP) is 2.59. The lowest BCUT2D eigenvalue weighted by atomic mass is 10.3. The van der Waals surface area contributed by atoms with Crippen LogP contribution in [0.1, 0.15) is 5.56 Å². The van der Waals surface area contributed by atoms with Crippen LogP contribution in [-0.4, -0.2) is 4.98 Å². The van der Waals surface area contributed by atoms with Crippen LogP contribution in [0, 0.1) is 12.3 Å². The molecule has 0 fully saturated rings. The van der Waals surface area contributed by atoms with Gasteiger partial charge in [0.05, 0.1) is 5.56 Å². The third-order valence-corrected chi connectivity index (χ3v) is 2.26. The summed E-state index contributed by atoms with van der Waals surface area (Å²) in [7, 11) is 0. The van der Waals surface area contributed by atoms with E-state index >= 15 is 0 Å². The van der Waals surface area contributed by atoms with Gasteiger partial charge in [0.15, 0.2) is 0 Å². The molecule has 1 rings (SSSR count). The Morgan fingerprint density at radius 3 is 2.60 bits per heavy atom. The van der Waals surface area contributed by atoms with E-state index in [2.05, 4.69) is 42.8 Å². The second-order valence-electron chi connectivity index (χ2n) is 1.60. The van der Waals surface area contributed by atoms with Crippen LogP contribution in [0.4, 0.5) is 0 Å². The molecule has 0 spiro atoms. The summed E-state index contributed by atoms with van der Waals surface area (Å²) in [6.45, 7) is 0. The van der Waals surface area contributed by atoms with Gasteiger partial charge in [-0.05, 0) is 37.9 Å². The second-order valence-corrected chi connectivity index (χ2v) is 3.21. The highest BCUT2D eigenvalue weighted by Crippen LogP contribution is 2.21. The number of terminal acetylenes is 1. The van der Waals surface area contributed by atoms with Crippen molar-refractivity contribution in [2.45, 2.75) is 0 Å². The third-order valence-electron chi connectivity index (χ3n) is 0.998. The molecule has 0 N–H and O–H groups in total. The van der Waals surface area contributed by atoms with Gasteiger partial charge in [0.2, 0.25) is 0 Å². The topological polar surface area (TPSA) is 12.9 Å². The van der Waals surface area contributed by atoms with Crippen LogP contribution in [0.2, 0.25) is 0 Å². The first-order valence-corrected chi connectivity index (χ1v) is 4.11. The number of rotatable bonds is 0. The maximum atomic E-state index is 5.20. The van der Waals surface area contributed by atoms with E-state index in [1.165, 1.54) is 0 Å². The first kappa shape index (κ1) is 7.77. The van der Waals surface area contributed by atoms with Crippen molar-refractivity contribution in [2.24, 2.45) is 0 Å². The Morgan fingerprint density at radius 2 is 2.20 bits per heavy atom. The highest BCUT2D eigenvalue weighted by atomic mass is 79.9. The standard InChI is InChI=1S/C7H3Br2N/c1-2-5-6(8)3-4-10-7(5)9/h1,3-4H. The molecule has 0 aromatic carbocycles. The van der Waals surface area contributed by atoms with Gasteiger partial charge in [0.25, 0.3) is 0 Å². The van der Waals surface area contributed by atoms with Crippen LogP contribution in [0.25, 0.3) is 0 Å². The minimum Gasteiger partial charge on any atom is -0.248 e. The number of aromatic nitrogens is 1. The maximum absolute atomic E-state index is 5.20. The molecule has 0 aliphatic heterocycles. The molecule has 0 unspecified atom stereocenters. The molecule has 0 saturated carbocycles. The van der Waals surface area contributed by atoms with Crippen molar-refractivity contribution < 1.29 is 0 Å². The van der Waals surface area contributed by atoms with Gasteiger partial charge in [0, 0.05) is 10.7 Å². The van der Waals surface area contributed by atoms with Crippen molar-refractivity contribution in [1.82, 2.24) is 4.98 Å². The Bertz CT molecular complexity index is 268. The van der Waals surface area contributed by atoms with Crippen LogP contribution >= 0.6 is 31.9 Å². The van der Waals surface area contributed by atoms with Crippen molar-refractivity contribution in [3.63, 3.8) is 0 Å². The molecular formula is C7H3Br2N. The van der Waals surface area contributed by atoms with Crippen LogP contribution in [0.5, 0.6) is 0 Å². The first-order valence-electron chi connectivity index (χ1n) is 2.52. The van der Waals surface area contributed by atoms with Crippen LogP contribution in [-0.2, 0) is 0 Å². The zero-order chi connectivity index (χ0) is 7.56. The summed E-state index contributed by atoms with van der Waals surface area (Å²) in [5.74, 6) is 2.51. The molecule has 0 amide bonds. The molecule has 1 aromatic rings. The first-order chi connectivity index (χ1) is 4.75. The summed E-state index contributed by atoms with van der Waals surface area (Å²) < 4.78 is 1.58. The maximum Gasteiger partial charge on any atom is 0.122 e. The van der Waals surface area contributed by atoms with Crippen molar-refractivity contribution in [2.75, 3.05) is 0 Å². The largest absolute Gasteiger partial charge is 0.248 e. The van der Waals surface area contributed by atoms with Gasteiger partial charge in [-0.1, -0.05) is 5.92 Å². The van der Waals surface area contributed by atoms with E-state index in [-0.39, 0.29) is 0 Å². The Hall–Kier alpha value is -0.330. The SMILES string of the molecule is C#Cc1c(Br)ccnc1Br. The molecule has 1 aromatic heterocycles. The molecule has 0 bridgehead atoms. The molecule has 0 aliphatic carbocycles. The van der Waals surface area contributed by atoms with Gasteiger partial charge >= 0.3 is 0 Å². The molecule has 0 saturated heterocycles. The molecule has 0 atom stereocenters. The van der Waals surface area contributed by atoms with Gasteiger partial charge in [-0.25, -0.2) is 4.98 Å². The van der Waals surface area contributed by atoms with Crippen LogP contribution < -0.4 is 0 Å².